The Morgan fingerprint density at radius 2 is 2.13 bits per heavy atom. The molecule has 0 saturated heterocycles. The second-order valence-electron chi connectivity index (χ2n) is 3.53. The minimum Gasteiger partial charge on any atom is -0.496 e. The molecule has 2 rings (SSSR count). The van der Waals surface area contributed by atoms with E-state index in [9.17, 15) is 0 Å². The zero-order valence-electron chi connectivity index (χ0n) is 8.95. The van der Waals surface area contributed by atoms with Crippen LogP contribution in [0.1, 0.15) is 17.0 Å². The Labute approximate surface area is 89.1 Å². The number of nitrogens with one attached hydrogen (secondary N) is 1. The summed E-state index contributed by atoms with van der Waals surface area (Å²) in [5.41, 5.74) is 3.28. The topological polar surface area (TPSA) is 37.9 Å². The van der Waals surface area contributed by atoms with Crippen LogP contribution in [0.3, 0.4) is 0 Å². The number of benzene rings is 1. The molecule has 3 nitrogen and oxygen atoms in total. The number of aromatic nitrogens is 2. The quantitative estimate of drug-likeness (QED) is 0.829. The molecule has 0 fully saturated rings. The van der Waals surface area contributed by atoms with E-state index in [4.69, 9.17) is 4.74 Å². The van der Waals surface area contributed by atoms with E-state index in [0.29, 0.717) is 0 Å². The van der Waals surface area contributed by atoms with Crippen molar-refractivity contribution in [2.45, 2.75) is 13.3 Å². The number of aryl methyl sites for hydroxylation is 1. The summed E-state index contributed by atoms with van der Waals surface area (Å²) >= 11 is 0. The molecule has 78 valence electrons. The molecule has 3 heteroatoms. The van der Waals surface area contributed by atoms with Crippen LogP contribution in [0.4, 0.5) is 0 Å². The van der Waals surface area contributed by atoms with E-state index in [1.54, 1.807) is 7.11 Å². The third kappa shape index (κ3) is 2.18. The lowest BCUT2D eigenvalue weighted by molar-refractivity contribution is 0.410. The van der Waals surface area contributed by atoms with Gasteiger partial charge in [0.1, 0.15) is 5.75 Å². The van der Waals surface area contributed by atoms with Gasteiger partial charge in [-0.25, -0.2) is 0 Å². The maximum atomic E-state index is 5.29. The molecular weight excluding hydrogens is 188 g/mol. The monoisotopic (exact) mass is 202 g/mol. The molecule has 1 aromatic heterocycles. The summed E-state index contributed by atoms with van der Waals surface area (Å²) < 4.78 is 5.29. The highest BCUT2D eigenvalue weighted by Crippen LogP contribution is 2.20. The summed E-state index contributed by atoms with van der Waals surface area (Å²) in [6, 6.07) is 10.1. The molecule has 0 aliphatic rings. The Hall–Kier alpha value is -1.77. The van der Waals surface area contributed by atoms with E-state index in [2.05, 4.69) is 16.3 Å². The normalized spacial score (nSPS) is 10.3. The molecule has 0 unspecified atom stereocenters. The van der Waals surface area contributed by atoms with Gasteiger partial charge >= 0.3 is 0 Å². The summed E-state index contributed by atoms with van der Waals surface area (Å²) in [4.78, 5) is 0. The third-order valence-corrected chi connectivity index (χ3v) is 2.32. The molecule has 0 amide bonds. The summed E-state index contributed by atoms with van der Waals surface area (Å²) in [6.45, 7) is 2.00. The fourth-order valence-corrected chi connectivity index (χ4v) is 1.61. The molecule has 0 spiro atoms. The average Bonchev–Trinajstić information content (AvgIpc) is 2.65. The maximum absolute atomic E-state index is 5.29. The lowest BCUT2D eigenvalue weighted by atomic mass is 10.1. The van der Waals surface area contributed by atoms with Crippen molar-refractivity contribution in [2.24, 2.45) is 0 Å². The van der Waals surface area contributed by atoms with Crippen molar-refractivity contribution in [3.63, 3.8) is 0 Å². The van der Waals surface area contributed by atoms with Crippen LogP contribution in [0.5, 0.6) is 5.75 Å². The van der Waals surface area contributed by atoms with Gasteiger partial charge < -0.3 is 4.74 Å². The van der Waals surface area contributed by atoms with Gasteiger partial charge in [-0.15, -0.1) is 0 Å². The van der Waals surface area contributed by atoms with Gasteiger partial charge in [-0.2, -0.15) is 5.10 Å². The highest BCUT2D eigenvalue weighted by atomic mass is 16.5. The zero-order valence-corrected chi connectivity index (χ0v) is 8.95. The van der Waals surface area contributed by atoms with Gasteiger partial charge in [0, 0.05) is 17.7 Å². The number of H-pyrrole nitrogens is 1. The Morgan fingerprint density at radius 1 is 1.33 bits per heavy atom. The van der Waals surface area contributed by atoms with Gasteiger partial charge in [0.25, 0.3) is 0 Å². The van der Waals surface area contributed by atoms with Gasteiger partial charge in [0.05, 0.1) is 12.8 Å². The Kier molecular flexibility index (Phi) is 2.72. The Morgan fingerprint density at radius 3 is 2.80 bits per heavy atom. The van der Waals surface area contributed by atoms with Crippen LogP contribution in [0, 0.1) is 6.92 Å². The highest BCUT2D eigenvalue weighted by molar-refractivity contribution is 5.36. The first kappa shape index (κ1) is 9.77. The summed E-state index contributed by atoms with van der Waals surface area (Å²) in [7, 11) is 1.69. The van der Waals surface area contributed by atoms with Gasteiger partial charge in [-0.3, -0.25) is 5.10 Å². The highest BCUT2D eigenvalue weighted by Gasteiger charge is 2.04. The van der Waals surface area contributed by atoms with Crippen molar-refractivity contribution >= 4 is 0 Å². The molecule has 1 N–H and O–H groups in total. The maximum Gasteiger partial charge on any atom is 0.122 e. The fraction of sp³-hybridized carbons (Fsp3) is 0.250. The minimum atomic E-state index is 0.800. The van der Waals surface area contributed by atoms with Crippen molar-refractivity contribution < 1.29 is 4.74 Å². The van der Waals surface area contributed by atoms with Crippen LogP contribution >= 0.6 is 0 Å². The number of aromatic amines is 1. The first-order valence-electron chi connectivity index (χ1n) is 4.92. The number of hydrogen-bond donors (Lipinski definition) is 1. The number of nitrogens with zero attached hydrogens (tertiary/aromatic N) is 1. The molecule has 0 atom stereocenters. The zero-order chi connectivity index (χ0) is 10.7. The molecular formula is C12H14N2O. The van der Waals surface area contributed by atoms with E-state index in [1.807, 2.05) is 31.2 Å². The Bertz CT molecular complexity index is 448. The fourth-order valence-electron chi connectivity index (χ4n) is 1.61. The second kappa shape index (κ2) is 4.17. The number of para-hydroxylation sites is 1. The molecule has 0 saturated carbocycles. The van der Waals surface area contributed by atoms with E-state index >= 15 is 0 Å². The van der Waals surface area contributed by atoms with Crippen molar-refractivity contribution in [3.8, 4) is 5.75 Å². The smallest absolute Gasteiger partial charge is 0.122 e. The van der Waals surface area contributed by atoms with Gasteiger partial charge in [-0.05, 0) is 19.1 Å². The van der Waals surface area contributed by atoms with Crippen LogP contribution in [0.2, 0.25) is 0 Å². The van der Waals surface area contributed by atoms with E-state index < -0.39 is 0 Å². The van der Waals surface area contributed by atoms with Crippen LogP contribution in [0.25, 0.3) is 0 Å². The predicted octanol–water partition coefficient (Wildman–Crippen LogP) is 2.32. The van der Waals surface area contributed by atoms with Crippen molar-refractivity contribution in [1.82, 2.24) is 10.2 Å². The summed E-state index contributed by atoms with van der Waals surface area (Å²) in [6.07, 6.45) is 0.800. The average molecular weight is 202 g/mol. The molecule has 2 aromatic rings. The first-order chi connectivity index (χ1) is 7.29. The van der Waals surface area contributed by atoms with Gasteiger partial charge in [0.2, 0.25) is 0 Å². The summed E-state index contributed by atoms with van der Waals surface area (Å²) in [5, 5.41) is 7.14. The van der Waals surface area contributed by atoms with Crippen LogP contribution < -0.4 is 4.74 Å². The van der Waals surface area contributed by atoms with Crippen molar-refractivity contribution in [3.05, 3.63) is 47.3 Å². The molecule has 1 heterocycles. The third-order valence-electron chi connectivity index (χ3n) is 2.32. The molecule has 0 aliphatic carbocycles. The minimum absolute atomic E-state index is 0.800. The standard InChI is InChI=1S/C12H14N2O/c1-9-7-11(14-13-9)8-10-5-3-4-6-12(10)15-2/h3-7H,8H2,1-2H3,(H,13,14). The van der Waals surface area contributed by atoms with Gasteiger partial charge in [-0.1, -0.05) is 18.2 Å². The van der Waals surface area contributed by atoms with E-state index in [-0.39, 0.29) is 0 Å². The Balaban J connectivity index is 2.23. The lowest BCUT2D eigenvalue weighted by Crippen LogP contribution is -1.93. The number of rotatable bonds is 3. The van der Waals surface area contributed by atoms with Crippen LogP contribution in [0.15, 0.2) is 30.3 Å². The van der Waals surface area contributed by atoms with Crippen LogP contribution in [-0.2, 0) is 6.42 Å². The number of hydrogen-bond acceptors (Lipinski definition) is 2. The summed E-state index contributed by atoms with van der Waals surface area (Å²) in [5.74, 6) is 0.915. The SMILES string of the molecule is COc1ccccc1Cc1cc(C)[nH]n1. The molecule has 0 radical (unpaired) electrons. The lowest BCUT2D eigenvalue weighted by Gasteiger charge is -2.05. The second-order valence-corrected chi connectivity index (χ2v) is 3.53. The largest absolute Gasteiger partial charge is 0.496 e. The molecule has 15 heavy (non-hydrogen) atoms. The molecule has 0 bridgehead atoms. The van der Waals surface area contributed by atoms with Crippen molar-refractivity contribution in [2.75, 3.05) is 7.11 Å². The van der Waals surface area contributed by atoms with Crippen molar-refractivity contribution in [1.29, 1.82) is 0 Å². The van der Waals surface area contributed by atoms with E-state index in [0.717, 1.165) is 29.1 Å². The van der Waals surface area contributed by atoms with Crippen LogP contribution in [-0.4, -0.2) is 17.3 Å². The number of methoxy groups -OCH3 is 1. The van der Waals surface area contributed by atoms with Gasteiger partial charge in [0.15, 0.2) is 0 Å². The number of ether oxygens (including phenoxy) is 1. The predicted molar refractivity (Wildman–Crippen MR) is 59.1 cm³/mol. The first-order valence-corrected chi connectivity index (χ1v) is 4.92. The molecule has 1 aromatic carbocycles. The van der Waals surface area contributed by atoms with E-state index in [1.165, 1.54) is 0 Å². The molecule has 0 aliphatic heterocycles.